The zero-order chi connectivity index (χ0) is 25.1. The minimum absolute atomic E-state index is 0.0303. The van der Waals surface area contributed by atoms with Crippen LogP contribution in [-0.2, 0) is 16.0 Å². The Morgan fingerprint density at radius 1 is 1.00 bits per heavy atom. The van der Waals surface area contributed by atoms with Crippen molar-refractivity contribution in [3.63, 3.8) is 0 Å². The lowest BCUT2D eigenvalue weighted by atomic mass is 10.1. The van der Waals surface area contributed by atoms with Gasteiger partial charge in [-0.15, -0.1) is 0 Å². The second-order valence-corrected chi connectivity index (χ2v) is 8.73. The first-order valence-corrected chi connectivity index (χ1v) is 12.0. The van der Waals surface area contributed by atoms with E-state index in [9.17, 15) is 9.59 Å². The van der Waals surface area contributed by atoms with Crippen molar-refractivity contribution in [2.45, 2.75) is 13.3 Å². The first kappa shape index (κ1) is 23.6. The molecule has 0 saturated carbocycles. The van der Waals surface area contributed by atoms with Crippen LogP contribution in [0.2, 0.25) is 0 Å². The molecular weight excluding hydrogens is 458 g/mol. The van der Waals surface area contributed by atoms with Crippen LogP contribution in [0.4, 0.5) is 28.6 Å². The second kappa shape index (κ2) is 10.2. The van der Waals surface area contributed by atoms with E-state index in [4.69, 9.17) is 9.47 Å². The van der Waals surface area contributed by atoms with Crippen molar-refractivity contribution in [2.24, 2.45) is 0 Å². The van der Waals surface area contributed by atoms with Crippen LogP contribution >= 0.6 is 0 Å². The first-order valence-electron chi connectivity index (χ1n) is 12.0. The zero-order valence-electron chi connectivity index (χ0n) is 20.4. The third kappa shape index (κ3) is 4.83. The molecule has 9 nitrogen and oxygen atoms in total. The Labute approximate surface area is 210 Å². The Morgan fingerprint density at radius 3 is 2.61 bits per heavy atom. The van der Waals surface area contributed by atoms with E-state index in [1.54, 1.807) is 37.3 Å². The SMILES string of the molecule is COc1cc(C(=O)N2CCOCC2)ccc1Nc1cc(Nc2cccc3c2N(C(C)=O)CC3)ccn1. The quantitative estimate of drug-likeness (QED) is 0.543. The highest BCUT2D eigenvalue weighted by Crippen LogP contribution is 2.37. The number of anilines is 5. The summed E-state index contributed by atoms with van der Waals surface area (Å²) in [7, 11) is 1.58. The highest BCUT2D eigenvalue weighted by molar-refractivity contribution is 5.98. The van der Waals surface area contributed by atoms with Crippen LogP contribution < -0.4 is 20.3 Å². The van der Waals surface area contributed by atoms with E-state index in [-0.39, 0.29) is 11.8 Å². The molecule has 1 fully saturated rings. The molecule has 0 radical (unpaired) electrons. The van der Waals surface area contributed by atoms with Gasteiger partial charge in [0.15, 0.2) is 0 Å². The maximum atomic E-state index is 12.9. The minimum atomic E-state index is -0.0394. The number of pyridine rings is 1. The number of amides is 2. The van der Waals surface area contributed by atoms with Gasteiger partial charge in [-0.3, -0.25) is 9.59 Å². The summed E-state index contributed by atoms with van der Waals surface area (Å²) in [6.07, 6.45) is 2.55. The molecule has 3 aromatic rings. The molecule has 9 heteroatoms. The fourth-order valence-electron chi connectivity index (χ4n) is 4.62. The van der Waals surface area contributed by atoms with Gasteiger partial charge in [0.05, 0.1) is 37.4 Å². The van der Waals surface area contributed by atoms with Gasteiger partial charge in [-0.2, -0.15) is 0 Å². The second-order valence-electron chi connectivity index (χ2n) is 8.73. The summed E-state index contributed by atoms with van der Waals surface area (Å²) in [6, 6.07) is 15.1. The molecule has 0 aliphatic carbocycles. The van der Waals surface area contributed by atoms with Crippen LogP contribution in [0.25, 0.3) is 0 Å². The van der Waals surface area contributed by atoms with E-state index < -0.39 is 0 Å². The van der Waals surface area contributed by atoms with E-state index in [0.717, 1.165) is 29.0 Å². The standard InChI is InChI=1S/C27H29N5O4/c1-18(33)32-11-9-19-4-3-5-23(26(19)32)29-21-8-10-28-25(17-21)30-22-7-6-20(16-24(22)35-2)27(34)31-12-14-36-15-13-31/h3-8,10,16-17H,9,11-15H2,1-2H3,(H2,28,29,30). The number of fused-ring (bicyclic) bond motifs is 1. The van der Waals surface area contributed by atoms with E-state index >= 15 is 0 Å². The Morgan fingerprint density at radius 2 is 1.83 bits per heavy atom. The summed E-state index contributed by atoms with van der Waals surface area (Å²) >= 11 is 0. The Balaban J connectivity index is 1.34. The molecule has 0 atom stereocenters. The van der Waals surface area contributed by atoms with Crippen LogP contribution in [-0.4, -0.2) is 61.7 Å². The normalized spacial score (nSPS) is 14.8. The third-order valence-electron chi connectivity index (χ3n) is 6.42. The van der Waals surface area contributed by atoms with Gasteiger partial charge < -0.3 is 29.9 Å². The van der Waals surface area contributed by atoms with Gasteiger partial charge in [-0.1, -0.05) is 12.1 Å². The molecule has 0 bridgehead atoms. The largest absolute Gasteiger partial charge is 0.495 e. The number of hydrogen-bond acceptors (Lipinski definition) is 7. The van der Waals surface area contributed by atoms with Crippen molar-refractivity contribution in [1.29, 1.82) is 0 Å². The molecular formula is C27H29N5O4. The number of nitrogens with one attached hydrogen (secondary N) is 2. The van der Waals surface area contributed by atoms with Crippen LogP contribution in [0.15, 0.2) is 54.7 Å². The Hall–Kier alpha value is -4.11. The highest BCUT2D eigenvalue weighted by Gasteiger charge is 2.25. The number of rotatable bonds is 6. The van der Waals surface area contributed by atoms with Crippen molar-refractivity contribution >= 4 is 40.4 Å². The molecule has 2 aliphatic rings. The predicted molar refractivity (Wildman–Crippen MR) is 139 cm³/mol. The summed E-state index contributed by atoms with van der Waals surface area (Å²) in [6.45, 7) is 4.55. The van der Waals surface area contributed by atoms with Gasteiger partial charge in [-0.25, -0.2) is 4.98 Å². The number of carbonyl (C=O) groups excluding carboxylic acids is 2. The molecule has 2 N–H and O–H groups in total. The summed E-state index contributed by atoms with van der Waals surface area (Å²) in [5, 5.41) is 6.73. The summed E-state index contributed by atoms with van der Waals surface area (Å²) < 4.78 is 10.9. The maximum Gasteiger partial charge on any atom is 0.254 e. The number of hydrogen-bond donors (Lipinski definition) is 2. The Kier molecular flexibility index (Phi) is 6.73. The van der Waals surface area contributed by atoms with Gasteiger partial charge in [0.25, 0.3) is 5.91 Å². The predicted octanol–water partition coefficient (Wildman–Crippen LogP) is 3.96. The van der Waals surface area contributed by atoms with Crippen LogP contribution in [0, 0.1) is 0 Å². The minimum Gasteiger partial charge on any atom is -0.495 e. The summed E-state index contributed by atoms with van der Waals surface area (Å²) in [5.74, 6) is 1.15. The molecule has 2 aromatic carbocycles. The molecule has 186 valence electrons. The van der Waals surface area contributed by atoms with Gasteiger partial charge >= 0.3 is 0 Å². The molecule has 2 aliphatic heterocycles. The van der Waals surface area contributed by atoms with Crippen molar-refractivity contribution in [1.82, 2.24) is 9.88 Å². The Bertz CT molecular complexity index is 1290. The molecule has 5 rings (SSSR count). The number of benzene rings is 2. The van der Waals surface area contributed by atoms with Gasteiger partial charge in [0, 0.05) is 50.1 Å². The molecule has 1 saturated heterocycles. The average Bonchev–Trinajstić information content (AvgIpc) is 3.35. The van der Waals surface area contributed by atoms with Crippen LogP contribution in [0.5, 0.6) is 5.75 Å². The molecule has 0 spiro atoms. The van der Waals surface area contributed by atoms with E-state index in [0.29, 0.717) is 55.7 Å². The number of carbonyl (C=O) groups is 2. The van der Waals surface area contributed by atoms with Crippen molar-refractivity contribution in [3.8, 4) is 5.75 Å². The number of aromatic nitrogens is 1. The fraction of sp³-hybridized carbons (Fsp3) is 0.296. The lowest BCUT2D eigenvalue weighted by molar-refractivity contribution is -0.116. The molecule has 36 heavy (non-hydrogen) atoms. The number of morpholine rings is 1. The van der Waals surface area contributed by atoms with Crippen molar-refractivity contribution in [3.05, 3.63) is 65.9 Å². The van der Waals surface area contributed by atoms with Crippen LogP contribution in [0.3, 0.4) is 0 Å². The number of ether oxygens (including phenoxy) is 2. The summed E-state index contributed by atoms with van der Waals surface area (Å²) in [4.78, 5) is 33.0. The number of para-hydroxylation sites is 1. The smallest absolute Gasteiger partial charge is 0.254 e. The lowest BCUT2D eigenvalue weighted by Crippen LogP contribution is -2.40. The average molecular weight is 488 g/mol. The molecule has 1 aromatic heterocycles. The first-order chi connectivity index (χ1) is 17.5. The van der Waals surface area contributed by atoms with Crippen molar-refractivity contribution in [2.75, 3.05) is 55.5 Å². The zero-order valence-corrected chi connectivity index (χ0v) is 20.4. The van der Waals surface area contributed by atoms with E-state index in [2.05, 4.69) is 21.7 Å². The van der Waals surface area contributed by atoms with E-state index in [1.165, 1.54) is 0 Å². The number of methoxy groups -OCH3 is 1. The van der Waals surface area contributed by atoms with Crippen LogP contribution in [0.1, 0.15) is 22.8 Å². The third-order valence-corrected chi connectivity index (χ3v) is 6.42. The lowest BCUT2D eigenvalue weighted by Gasteiger charge is -2.27. The maximum absolute atomic E-state index is 12.9. The topological polar surface area (TPSA) is 96.0 Å². The monoisotopic (exact) mass is 487 g/mol. The van der Waals surface area contributed by atoms with Crippen molar-refractivity contribution < 1.29 is 19.1 Å². The molecule has 0 unspecified atom stereocenters. The van der Waals surface area contributed by atoms with Gasteiger partial charge in [0.2, 0.25) is 5.91 Å². The summed E-state index contributed by atoms with van der Waals surface area (Å²) in [5.41, 5.74) is 5.05. The number of nitrogens with zero attached hydrogens (tertiary/aromatic N) is 3. The van der Waals surface area contributed by atoms with Gasteiger partial charge in [0.1, 0.15) is 11.6 Å². The fourth-order valence-corrected chi connectivity index (χ4v) is 4.62. The van der Waals surface area contributed by atoms with Gasteiger partial charge in [-0.05, 0) is 42.3 Å². The molecule has 3 heterocycles. The van der Waals surface area contributed by atoms with E-state index in [1.807, 2.05) is 35.2 Å². The molecule has 2 amide bonds. The highest BCUT2D eigenvalue weighted by atomic mass is 16.5.